The van der Waals surface area contributed by atoms with Gasteiger partial charge in [0.05, 0.1) is 0 Å². The third kappa shape index (κ3) is 1.85. The molecule has 0 aliphatic carbocycles. The molecule has 0 amide bonds. The van der Waals surface area contributed by atoms with Crippen LogP contribution >= 0.6 is 0 Å². The smallest absolute Gasteiger partial charge is 0.321 e. The van der Waals surface area contributed by atoms with Gasteiger partial charge in [-0.1, -0.05) is 13.8 Å². The molecule has 0 bridgehead atoms. The first-order valence-electron chi connectivity index (χ1n) is 5.12. The maximum absolute atomic E-state index is 11.0. The van der Waals surface area contributed by atoms with E-state index in [0.29, 0.717) is 0 Å². The van der Waals surface area contributed by atoms with E-state index in [0.717, 1.165) is 32.2 Å². The summed E-state index contributed by atoms with van der Waals surface area (Å²) in [7, 11) is 0. The Balaban J connectivity index is 2.81. The van der Waals surface area contributed by atoms with E-state index in [9.17, 15) is 4.79 Å². The third-order valence-corrected chi connectivity index (χ3v) is 3.47. The van der Waals surface area contributed by atoms with Gasteiger partial charge in [0.2, 0.25) is 0 Å². The highest BCUT2D eigenvalue weighted by atomic mass is 16.4. The van der Waals surface area contributed by atoms with E-state index in [-0.39, 0.29) is 11.5 Å². The number of carboxylic acids is 1. The lowest BCUT2D eigenvalue weighted by molar-refractivity contribution is -0.144. The van der Waals surface area contributed by atoms with Gasteiger partial charge in [0.25, 0.3) is 0 Å². The Morgan fingerprint density at radius 2 is 2.15 bits per heavy atom. The lowest BCUT2D eigenvalue weighted by atomic mass is 9.70. The Morgan fingerprint density at radius 1 is 1.54 bits per heavy atom. The molecule has 1 atom stereocenters. The van der Waals surface area contributed by atoms with Crippen molar-refractivity contribution in [2.45, 2.75) is 45.6 Å². The highest BCUT2D eigenvalue weighted by Gasteiger charge is 2.41. The largest absolute Gasteiger partial charge is 0.480 e. The molecule has 1 aliphatic heterocycles. The van der Waals surface area contributed by atoms with Crippen LogP contribution in [0.25, 0.3) is 0 Å². The lowest BCUT2D eigenvalue weighted by Gasteiger charge is -2.41. The van der Waals surface area contributed by atoms with Crippen LogP contribution in [-0.2, 0) is 4.79 Å². The van der Waals surface area contributed by atoms with Crippen LogP contribution in [0.5, 0.6) is 0 Å². The summed E-state index contributed by atoms with van der Waals surface area (Å²) in [6.07, 6.45) is 4.05. The zero-order valence-electron chi connectivity index (χ0n) is 8.47. The van der Waals surface area contributed by atoms with E-state index >= 15 is 0 Å². The third-order valence-electron chi connectivity index (χ3n) is 3.47. The molecule has 76 valence electrons. The quantitative estimate of drug-likeness (QED) is 0.702. The van der Waals surface area contributed by atoms with Crippen LogP contribution in [0, 0.1) is 5.41 Å². The minimum atomic E-state index is -0.691. The summed E-state index contributed by atoms with van der Waals surface area (Å²) >= 11 is 0. The molecule has 1 fully saturated rings. The van der Waals surface area contributed by atoms with Gasteiger partial charge in [0, 0.05) is 0 Å². The molecule has 0 unspecified atom stereocenters. The van der Waals surface area contributed by atoms with E-state index in [1.807, 2.05) is 0 Å². The second kappa shape index (κ2) is 4.09. The summed E-state index contributed by atoms with van der Waals surface area (Å²) in [5.41, 5.74) is -0.00984. The second-order valence-corrected chi connectivity index (χ2v) is 3.90. The summed E-state index contributed by atoms with van der Waals surface area (Å²) in [5.74, 6) is -0.691. The lowest BCUT2D eigenvalue weighted by Crippen LogP contribution is -2.53. The number of carboxylic acid groups (broad SMARTS) is 1. The molecule has 0 radical (unpaired) electrons. The van der Waals surface area contributed by atoms with Gasteiger partial charge in [0.1, 0.15) is 6.04 Å². The van der Waals surface area contributed by atoms with E-state index in [1.54, 1.807) is 0 Å². The van der Waals surface area contributed by atoms with Crippen LogP contribution in [-0.4, -0.2) is 23.7 Å². The molecule has 0 spiro atoms. The first kappa shape index (κ1) is 10.5. The molecule has 2 N–H and O–H groups in total. The fraction of sp³-hybridized carbons (Fsp3) is 0.900. The molecule has 0 saturated carbocycles. The highest BCUT2D eigenvalue weighted by Crippen LogP contribution is 2.38. The molecule has 1 aliphatic rings. The molecule has 3 nitrogen and oxygen atoms in total. The Hall–Kier alpha value is -0.570. The number of nitrogens with one attached hydrogen (secondary N) is 1. The van der Waals surface area contributed by atoms with Crippen molar-refractivity contribution in [1.29, 1.82) is 0 Å². The minimum absolute atomic E-state index is 0.00984. The molecular formula is C10H19NO2. The van der Waals surface area contributed by atoms with Gasteiger partial charge in [-0.15, -0.1) is 0 Å². The first-order chi connectivity index (χ1) is 6.16. The normalized spacial score (nSPS) is 27.1. The molecule has 13 heavy (non-hydrogen) atoms. The van der Waals surface area contributed by atoms with Crippen molar-refractivity contribution in [3.63, 3.8) is 0 Å². The van der Waals surface area contributed by atoms with Crippen LogP contribution in [0.3, 0.4) is 0 Å². The van der Waals surface area contributed by atoms with Crippen molar-refractivity contribution >= 4 is 5.97 Å². The molecule has 0 aromatic carbocycles. The maximum atomic E-state index is 11.0. The standard InChI is InChI=1S/C10H19NO2/c1-3-10(4-2)6-5-7-11-8(10)9(12)13/h8,11H,3-7H2,1-2H3,(H,12,13)/t8-/m1/s1. The molecular weight excluding hydrogens is 166 g/mol. The predicted octanol–water partition coefficient (Wildman–Crippen LogP) is 1.63. The van der Waals surface area contributed by atoms with E-state index in [1.165, 1.54) is 0 Å². The van der Waals surface area contributed by atoms with Gasteiger partial charge in [-0.2, -0.15) is 0 Å². The average Bonchev–Trinajstić information content (AvgIpc) is 2.17. The van der Waals surface area contributed by atoms with Crippen molar-refractivity contribution in [3.8, 4) is 0 Å². The van der Waals surface area contributed by atoms with Crippen molar-refractivity contribution in [2.24, 2.45) is 5.41 Å². The Kier molecular flexibility index (Phi) is 3.31. The van der Waals surface area contributed by atoms with Gasteiger partial charge in [-0.3, -0.25) is 4.79 Å². The van der Waals surface area contributed by atoms with Crippen LogP contribution < -0.4 is 5.32 Å². The fourth-order valence-corrected chi connectivity index (χ4v) is 2.41. The SMILES string of the molecule is CCC1(CC)CCCN[C@@H]1C(=O)O. The minimum Gasteiger partial charge on any atom is -0.480 e. The van der Waals surface area contributed by atoms with E-state index < -0.39 is 5.97 Å². The van der Waals surface area contributed by atoms with Crippen molar-refractivity contribution in [2.75, 3.05) is 6.54 Å². The molecule has 0 aromatic rings. The van der Waals surface area contributed by atoms with Crippen molar-refractivity contribution in [1.82, 2.24) is 5.32 Å². The Bertz CT molecular complexity index is 187. The number of aliphatic carboxylic acids is 1. The fourth-order valence-electron chi connectivity index (χ4n) is 2.41. The van der Waals surface area contributed by atoms with Gasteiger partial charge in [0.15, 0.2) is 0 Å². The summed E-state index contributed by atoms with van der Waals surface area (Å²) in [4.78, 5) is 11.0. The zero-order valence-corrected chi connectivity index (χ0v) is 8.47. The van der Waals surface area contributed by atoms with Gasteiger partial charge in [-0.25, -0.2) is 0 Å². The van der Waals surface area contributed by atoms with E-state index in [4.69, 9.17) is 5.11 Å². The monoisotopic (exact) mass is 185 g/mol. The maximum Gasteiger partial charge on any atom is 0.321 e. The van der Waals surface area contributed by atoms with Crippen LogP contribution in [0.1, 0.15) is 39.5 Å². The second-order valence-electron chi connectivity index (χ2n) is 3.90. The van der Waals surface area contributed by atoms with Crippen LogP contribution in [0.15, 0.2) is 0 Å². The summed E-state index contributed by atoms with van der Waals surface area (Å²) in [5, 5.41) is 12.2. The number of hydrogen-bond acceptors (Lipinski definition) is 2. The summed E-state index contributed by atoms with van der Waals surface area (Å²) in [6, 6.07) is -0.337. The highest BCUT2D eigenvalue weighted by molar-refractivity contribution is 5.74. The first-order valence-corrected chi connectivity index (χ1v) is 5.12. The Morgan fingerprint density at radius 3 is 2.54 bits per heavy atom. The van der Waals surface area contributed by atoms with Gasteiger partial charge in [-0.05, 0) is 37.6 Å². The van der Waals surface area contributed by atoms with Gasteiger partial charge >= 0.3 is 5.97 Å². The summed E-state index contributed by atoms with van der Waals surface area (Å²) < 4.78 is 0. The molecule has 1 saturated heterocycles. The van der Waals surface area contributed by atoms with Crippen LogP contribution in [0.2, 0.25) is 0 Å². The number of hydrogen-bond donors (Lipinski definition) is 2. The number of piperidine rings is 1. The molecule has 0 aromatic heterocycles. The van der Waals surface area contributed by atoms with Crippen LogP contribution in [0.4, 0.5) is 0 Å². The molecule has 1 heterocycles. The number of rotatable bonds is 3. The zero-order chi connectivity index (χ0) is 9.90. The topological polar surface area (TPSA) is 49.3 Å². The molecule has 3 heteroatoms. The summed E-state index contributed by atoms with van der Waals surface area (Å²) in [6.45, 7) is 5.03. The predicted molar refractivity (Wildman–Crippen MR) is 51.7 cm³/mol. The van der Waals surface area contributed by atoms with Crippen molar-refractivity contribution in [3.05, 3.63) is 0 Å². The van der Waals surface area contributed by atoms with Crippen molar-refractivity contribution < 1.29 is 9.90 Å². The number of carbonyl (C=O) groups is 1. The van der Waals surface area contributed by atoms with Gasteiger partial charge < -0.3 is 10.4 Å². The average molecular weight is 185 g/mol. The van der Waals surface area contributed by atoms with E-state index in [2.05, 4.69) is 19.2 Å². The Labute approximate surface area is 79.5 Å². The molecule has 1 rings (SSSR count).